The molecule has 0 aliphatic heterocycles. The van der Waals surface area contributed by atoms with Crippen LogP contribution in [0, 0.1) is 0 Å². The topological polar surface area (TPSA) is 15.3 Å². The van der Waals surface area contributed by atoms with E-state index in [0.717, 1.165) is 19.4 Å². The fourth-order valence-electron chi connectivity index (χ4n) is 3.24. The van der Waals surface area contributed by atoms with Crippen molar-refractivity contribution in [3.8, 4) is 0 Å². The fourth-order valence-corrected chi connectivity index (χ4v) is 3.24. The van der Waals surface area contributed by atoms with Crippen LogP contribution < -0.4 is 5.43 Å². The molecule has 2 aromatic carbocycles. The van der Waals surface area contributed by atoms with Crippen molar-refractivity contribution in [1.29, 1.82) is 0 Å². The lowest BCUT2D eigenvalue weighted by Crippen LogP contribution is -2.49. The van der Waals surface area contributed by atoms with Gasteiger partial charge in [0.2, 0.25) is 0 Å². The van der Waals surface area contributed by atoms with Crippen molar-refractivity contribution in [3.63, 3.8) is 0 Å². The maximum absolute atomic E-state index is 3.65. The van der Waals surface area contributed by atoms with Gasteiger partial charge in [0, 0.05) is 18.6 Å². The summed E-state index contributed by atoms with van der Waals surface area (Å²) in [6.07, 6.45) is 2.30. The van der Waals surface area contributed by atoms with E-state index in [9.17, 15) is 0 Å². The Hall–Kier alpha value is -1.35. The lowest BCUT2D eigenvalue weighted by molar-refractivity contribution is 0.0857. The summed E-state index contributed by atoms with van der Waals surface area (Å²) in [6, 6.07) is 20.5. The third kappa shape index (κ3) is 3.89. The number of nitrogens with one attached hydrogen (secondary N) is 1. The SMILES string of the molecule is CC(C)N(NCc1ccccc1)C1Cc2ccccc2C1.Cl. The molecule has 0 heterocycles. The molecule has 0 radical (unpaired) electrons. The Balaban J connectivity index is 0.00000176. The van der Waals surface area contributed by atoms with Gasteiger partial charge in [0.25, 0.3) is 0 Å². The molecule has 0 saturated carbocycles. The number of hydrogen-bond acceptors (Lipinski definition) is 2. The van der Waals surface area contributed by atoms with Gasteiger partial charge in [-0.15, -0.1) is 12.4 Å². The summed E-state index contributed by atoms with van der Waals surface area (Å²) in [5, 5.41) is 2.44. The molecule has 118 valence electrons. The zero-order chi connectivity index (χ0) is 14.7. The molecule has 0 atom stereocenters. The first-order valence-corrected chi connectivity index (χ1v) is 7.86. The summed E-state index contributed by atoms with van der Waals surface area (Å²) >= 11 is 0. The third-order valence-corrected chi connectivity index (χ3v) is 4.29. The van der Waals surface area contributed by atoms with Crippen LogP contribution in [0.25, 0.3) is 0 Å². The highest BCUT2D eigenvalue weighted by Crippen LogP contribution is 2.25. The first-order valence-electron chi connectivity index (χ1n) is 7.86. The Kier molecular flexibility index (Phi) is 6.01. The van der Waals surface area contributed by atoms with Gasteiger partial charge in [-0.3, -0.25) is 5.43 Å². The Bertz CT molecular complexity index is 558. The van der Waals surface area contributed by atoms with E-state index in [4.69, 9.17) is 0 Å². The molecular weight excluding hydrogens is 292 g/mol. The molecular formula is C19H25ClN2. The molecule has 1 aliphatic carbocycles. The molecule has 0 unspecified atom stereocenters. The number of benzene rings is 2. The Morgan fingerprint density at radius 2 is 1.50 bits per heavy atom. The maximum Gasteiger partial charge on any atom is 0.0353 e. The van der Waals surface area contributed by atoms with Crippen LogP contribution in [0.2, 0.25) is 0 Å². The molecule has 0 bridgehead atoms. The summed E-state index contributed by atoms with van der Waals surface area (Å²) in [7, 11) is 0. The van der Waals surface area contributed by atoms with Crippen molar-refractivity contribution < 1.29 is 0 Å². The minimum absolute atomic E-state index is 0. The number of hydrazine groups is 1. The average Bonchev–Trinajstić information content (AvgIpc) is 2.91. The van der Waals surface area contributed by atoms with Crippen molar-refractivity contribution in [2.75, 3.05) is 0 Å². The summed E-state index contributed by atoms with van der Waals surface area (Å²) in [6.45, 7) is 5.42. The molecule has 2 nitrogen and oxygen atoms in total. The van der Waals surface area contributed by atoms with E-state index in [1.807, 2.05) is 0 Å². The number of rotatable bonds is 5. The standard InChI is InChI=1S/C19H24N2.ClH/c1-15(2)21(20-14-16-8-4-3-5-9-16)19-12-17-10-6-7-11-18(17)13-19;/h3-11,15,19-20H,12-14H2,1-2H3;1H. The highest BCUT2D eigenvalue weighted by Gasteiger charge is 2.27. The van der Waals surface area contributed by atoms with Gasteiger partial charge < -0.3 is 0 Å². The number of nitrogens with zero attached hydrogens (tertiary/aromatic N) is 1. The van der Waals surface area contributed by atoms with Crippen molar-refractivity contribution in [2.24, 2.45) is 0 Å². The van der Waals surface area contributed by atoms with E-state index < -0.39 is 0 Å². The summed E-state index contributed by atoms with van der Waals surface area (Å²) in [5.41, 5.74) is 8.00. The Labute approximate surface area is 139 Å². The van der Waals surface area contributed by atoms with Crippen LogP contribution in [0.4, 0.5) is 0 Å². The largest absolute Gasteiger partial charge is 0.250 e. The number of halogens is 1. The predicted molar refractivity (Wildman–Crippen MR) is 95.1 cm³/mol. The minimum Gasteiger partial charge on any atom is -0.250 e. The molecule has 0 amide bonds. The van der Waals surface area contributed by atoms with Crippen LogP contribution in [0.5, 0.6) is 0 Å². The van der Waals surface area contributed by atoms with Gasteiger partial charge in [0.05, 0.1) is 0 Å². The third-order valence-electron chi connectivity index (χ3n) is 4.29. The van der Waals surface area contributed by atoms with Gasteiger partial charge >= 0.3 is 0 Å². The van der Waals surface area contributed by atoms with E-state index in [1.54, 1.807) is 0 Å². The van der Waals surface area contributed by atoms with Crippen molar-refractivity contribution in [1.82, 2.24) is 10.4 Å². The second-order valence-electron chi connectivity index (χ2n) is 6.15. The molecule has 3 rings (SSSR count). The molecule has 0 spiro atoms. The van der Waals surface area contributed by atoms with Gasteiger partial charge in [-0.1, -0.05) is 54.6 Å². The zero-order valence-corrected chi connectivity index (χ0v) is 14.1. The van der Waals surface area contributed by atoms with Crippen molar-refractivity contribution >= 4 is 12.4 Å². The van der Waals surface area contributed by atoms with Crippen LogP contribution in [0.15, 0.2) is 54.6 Å². The van der Waals surface area contributed by atoms with Crippen LogP contribution in [-0.2, 0) is 19.4 Å². The molecule has 2 aromatic rings. The highest BCUT2D eigenvalue weighted by atomic mass is 35.5. The lowest BCUT2D eigenvalue weighted by Gasteiger charge is -2.33. The molecule has 1 aliphatic rings. The van der Waals surface area contributed by atoms with E-state index in [-0.39, 0.29) is 12.4 Å². The number of fused-ring (bicyclic) bond motifs is 1. The summed E-state index contributed by atoms with van der Waals surface area (Å²) < 4.78 is 0. The second kappa shape index (κ2) is 7.77. The Morgan fingerprint density at radius 3 is 2.05 bits per heavy atom. The van der Waals surface area contributed by atoms with Crippen molar-refractivity contribution in [3.05, 3.63) is 71.3 Å². The first-order chi connectivity index (χ1) is 10.2. The summed E-state index contributed by atoms with van der Waals surface area (Å²) in [4.78, 5) is 0. The second-order valence-corrected chi connectivity index (χ2v) is 6.15. The van der Waals surface area contributed by atoms with Crippen LogP contribution in [0.3, 0.4) is 0 Å². The van der Waals surface area contributed by atoms with Gasteiger partial charge in [0.1, 0.15) is 0 Å². The van der Waals surface area contributed by atoms with Crippen molar-refractivity contribution in [2.45, 2.75) is 45.3 Å². The quantitative estimate of drug-likeness (QED) is 0.839. The van der Waals surface area contributed by atoms with Crippen LogP contribution in [-0.4, -0.2) is 17.1 Å². The van der Waals surface area contributed by atoms with E-state index >= 15 is 0 Å². The molecule has 0 fully saturated rings. The summed E-state index contributed by atoms with van der Waals surface area (Å²) in [5.74, 6) is 0. The normalized spacial score (nSPS) is 14.2. The van der Waals surface area contributed by atoms with Crippen LogP contribution >= 0.6 is 12.4 Å². The predicted octanol–water partition coefficient (Wildman–Crippen LogP) is 3.99. The molecule has 22 heavy (non-hydrogen) atoms. The lowest BCUT2D eigenvalue weighted by atomic mass is 10.1. The van der Waals surface area contributed by atoms with Gasteiger partial charge in [-0.2, -0.15) is 0 Å². The van der Waals surface area contributed by atoms with E-state index in [2.05, 4.69) is 78.9 Å². The first kappa shape index (κ1) is 17.0. The smallest absolute Gasteiger partial charge is 0.0353 e. The monoisotopic (exact) mass is 316 g/mol. The molecule has 3 heteroatoms. The fraction of sp³-hybridized carbons (Fsp3) is 0.368. The minimum atomic E-state index is 0. The number of hydrogen-bond donors (Lipinski definition) is 1. The van der Waals surface area contributed by atoms with E-state index in [0.29, 0.717) is 12.1 Å². The average molecular weight is 317 g/mol. The van der Waals surface area contributed by atoms with Gasteiger partial charge in [-0.05, 0) is 43.4 Å². The van der Waals surface area contributed by atoms with E-state index in [1.165, 1.54) is 16.7 Å². The molecule has 0 aromatic heterocycles. The highest BCUT2D eigenvalue weighted by molar-refractivity contribution is 5.85. The molecule has 0 saturated heterocycles. The zero-order valence-electron chi connectivity index (χ0n) is 13.3. The van der Waals surface area contributed by atoms with Crippen LogP contribution in [0.1, 0.15) is 30.5 Å². The van der Waals surface area contributed by atoms with Gasteiger partial charge in [-0.25, -0.2) is 5.01 Å². The maximum atomic E-state index is 3.65. The molecule has 1 N–H and O–H groups in total. The van der Waals surface area contributed by atoms with Gasteiger partial charge in [0.15, 0.2) is 0 Å². The Morgan fingerprint density at radius 1 is 0.955 bits per heavy atom.